The van der Waals surface area contributed by atoms with Gasteiger partial charge in [0.2, 0.25) is 0 Å². The summed E-state index contributed by atoms with van der Waals surface area (Å²) in [6.07, 6.45) is -4.79. The van der Waals surface area contributed by atoms with Crippen molar-refractivity contribution in [2.75, 3.05) is 44.5 Å². The molecule has 44 heavy (non-hydrogen) atoms. The molecule has 0 spiro atoms. The van der Waals surface area contributed by atoms with Crippen LogP contribution in [0.3, 0.4) is 0 Å². The highest BCUT2D eigenvalue weighted by molar-refractivity contribution is 6.02. The summed E-state index contributed by atoms with van der Waals surface area (Å²) in [7, 11) is 3.61. The first-order chi connectivity index (χ1) is 20.9. The Morgan fingerprint density at radius 1 is 1.09 bits per heavy atom. The lowest BCUT2D eigenvalue weighted by molar-refractivity contribution is -0.137. The average molecular weight is 615 g/mol. The smallest absolute Gasteiger partial charge is 0.416 e. The van der Waals surface area contributed by atoms with Crippen molar-refractivity contribution in [3.63, 3.8) is 0 Å². The summed E-state index contributed by atoms with van der Waals surface area (Å²) in [4.78, 5) is 30.1. The lowest BCUT2D eigenvalue weighted by Crippen LogP contribution is -2.49. The molecule has 0 unspecified atom stereocenters. The number of amides is 3. The monoisotopic (exact) mass is 614 g/mol. The van der Waals surface area contributed by atoms with Gasteiger partial charge < -0.3 is 30.1 Å². The fourth-order valence-electron chi connectivity index (χ4n) is 4.97. The molecular formula is C32H37F3N4O5. The van der Waals surface area contributed by atoms with E-state index in [2.05, 4.69) is 15.5 Å². The van der Waals surface area contributed by atoms with Gasteiger partial charge in [0.05, 0.1) is 30.9 Å². The van der Waals surface area contributed by atoms with Crippen molar-refractivity contribution in [1.82, 2.24) is 9.80 Å². The highest BCUT2D eigenvalue weighted by Gasteiger charge is 2.34. The van der Waals surface area contributed by atoms with E-state index in [1.165, 1.54) is 6.07 Å². The molecule has 236 valence electrons. The molecule has 9 nitrogen and oxygen atoms in total. The molecule has 0 aromatic heterocycles. The molecule has 3 aromatic carbocycles. The van der Waals surface area contributed by atoms with Crippen LogP contribution in [-0.4, -0.2) is 72.8 Å². The molecule has 1 aliphatic heterocycles. The number of carbonyl (C=O) groups is 2. The van der Waals surface area contributed by atoms with Crippen LogP contribution in [0.5, 0.6) is 11.5 Å². The first kappa shape index (κ1) is 32.6. The summed E-state index contributed by atoms with van der Waals surface area (Å²) in [6, 6.07) is 15.4. The van der Waals surface area contributed by atoms with Gasteiger partial charge >= 0.3 is 12.2 Å². The maximum absolute atomic E-state index is 13.7. The van der Waals surface area contributed by atoms with Gasteiger partial charge in [-0.05, 0) is 74.1 Å². The minimum absolute atomic E-state index is 0.0771. The van der Waals surface area contributed by atoms with E-state index < -0.39 is 23.8 Å². The molecule has 0 bridgehead atoms. The van der Waals surface area contributed by atoms with Gasteiger partial charge in [-0.2, -0.15) is 13.2 Å². The van der Waals surface area contributed by atoms with Crippen molar-refractivity contribution in [3.05, 3.63) is 83.4 Å². The quantitative estimate of drug-likeness (QED) is 0.285. The van der Waals surface area contributed by atoms with Crippen molar-refractivity contribution in [1.29, 1.82) is 0 Å². The Hall–Kier alpha value is -4.29. The number of rotatable bonds is 9. The lowest BCUT2D eigenvalue weighted by Gasteiger charge is -2.38. The third kappa shape index (κ3) is 8.20. The third-order valence-corrected chi connectivity index (χ3v) is 7.50. The van der Waals surface area contributed by atoms with Gasteiger partial charge in [0.15, 0.2) is 0 Å². The zero-order valence-corrected chi connectivity index (χ0v) is 25.0. The van der Waals surface area contributed by atoms with Crippen LogP contribution in [0, 0.1) is 5.92 Å². The first-order valence-corrected chi connectivity index (χ1v) is 14.2. The maximum atomic E-state index is 13.7. The number of ether oxygens (including phenoxy) is 2. The van der Waals surface area contributed by atoms with E-state index in [0.29, 0.717) is 25.4 Å². The van der Waals surface area contributed by atoms with Crippen LogP contribution in [0.1, 0.15) is 35.3 Å². The Labute approximate surface area is 254 Å². The molecule has 0 saturated carbocycles. The predicted octanol–water partition coefficient (Wildman–Crippen LogP) is 5.71. The second kappa shape index (κ2) is 14.0. The molecule has 3 aromatic rings. The molecule has 4 rings (SSSR count). The third-order valence-electron chi connectivity index (χ3n) is 7.50. The summed E-state index contributed by atoms with van der Waals surface area (Å²) in [5.74, 6) is 0.684. The van der Waals surface area contributed by atoms with E-state index >= 15 is 0 Å². The molecule has 1 heterocycles. The number of benzene rings is 3. The molecule has 3 amide bonds. The molecule has 0 radical (unpaired) electrons. The Morgan fingerprint density at radius 2 is 1.73 bits per heavy atom. The maximum Gasteiger partial charge on any atom is 0.416 e. The van der Waals surface area contributed by atoms with Gasteiger partial charge in [0.1, 0.15) is 17.6 Å². The standard InChI is InChI=1S/C32H37F3N4O5/c1-20-16-39(21(2)19-40)30(41)27-15-25(37-31(42)36-24-9-7-23(8-10-24)32(33,34)35)11-14-28(27)44-29(20)18-38(3)17-22-5-12-26(43-4)13-6-22/h5-15,20-21,29,40H,16-19H2,1-4H3,(H2,36,37,42)/t20-,21-,29+/m1/s1. The summed E-state index contributed by atoms with van der Waals surface area (Å²) in [5.41, 5.74) is 0.934. The van der Waals surface area contributed by atoms with Gasteiger partial charge in [-0.15, -0.1) is 0 Å². The minimum Gasteiger partial charge on any atom is -0.497 e. The number of hydrogen-bond donors (Lipinski definition) is 3. The van der Waals surface area contributed by atoms with Crippen LogP contribution in [0.25, 0.3) is 0 Å². The molecule has 3 atom stereocenters. The van der Waals surface area contributed by atoms with Crippen molar-refractivity contribution in [3.8, 4) is 11.5 Å². The van der Waals surface area contributed by atoms with Gasteiger partial charge in [0.25, 0.3) is 5.91 Å². The van der Waals surface area contributed by atoms with E-state index in [9.17, 15) is 27.9 Å². The Morgan fingerprint density at radius 3 is 2.34 bits per heavy atom. The number of nitrogens with one attached hydrogen (secondary N) is 2. The normalized spacial score (nSPS) is 17.7. The minimum atomic E-state index is -4.49. The number of methoxy groups -OCH3 is 1. The van der Waals surface area contributed by atoms with Gasteiger partial charge in [-0.25, -0.2) is 4.79 Å². The highest BCUT2D eigenvalue weighted by Crippen LogP contribution is 2.32. The first-order valence-electron chi connectivity index (χ1n) is 14.2. The van der Waals surface area contributed by atoms with E-state index in [1.54, 1.807) is 31.1 Å². The number of nitrogens with zero attached hydrogens (tertiary/aromatic N) is 2. The fraction of sp³-hybridized carbons (Fsp3) is 0.375. The number of hydrogen-bond acceptors (Lipinski definition) is 6. The van der Waals surface area contributed by atoms with Crippen molar-refractivity contribution in [2.24, 2.45) is 5.92 Å². The zero-order chi connectivity index (χ0) is 32.0. The fourth-order valence-corrected chi connectivity index (χ4v) is 4.97. The molecule has 12 heteroatoms. The van der Waals surface area contributed by atoms with E-state index in [0.717, 1.165) is 35.6 Å². The summed E-state index contributed by atoms with van der Waals surface area (Å²) in [6.45, 7) is 5.09. The van der Waals surface area contributed by atoms with Gasteiger partial charge in [0, 0.05) is 36.9 Å². The zero-order valence-electron chi connectivity index (χ0n) is 25.0. The number of fused-ring (bicyclic) bond motifs is 1. The van der Waals surface area contributed by atoms with E-state index in [4.69, 9.17) is 9.47 Å². The molecule has 0 saturated heterocycles. The van der Waals surface area contributed by atoms with E-state index in [-0.39, 0.29) is 41.5 Å². The van der Waals surface area contributed by atoms with Gasteiger partial charge in [-0.1, -0.05) is 19.1 Å². The van der Waals surface area contributed by atoms with E-state index in [1.807, 2.05) is 38.2 Å². The molecule has 0 fully saturated rings. The average Bonchev–Trinajstić information content (AvgIpc) is 2.99. The predicted molar refractivity (Wildman–Crippen MR) is 161 cm³/mol. The van der Waals surface area contributed by atoms with Crippen LogP contribution >= 0.6 is 0 Å². The molecular weight excluding hydrogens is 577 g/mol. The van der Waals surface area contributed by atoms with Crippen LogP contribution in [0.2, 0.25) is 0 Å². The van der Waals surface area contributed by atoms with Crippen LogP contribution in [-0.2, 0) is 12.7 Å². The molecule has 0 aliphatic carbocycles. The largest absolute Gasteiger partial charge is 0.497 e. The van der Waals surface area contributed by atoms with Gasteiger partial charge in [-0.3, -0.25) is 9.69 Å². The van der Waals surface area contributed by atoms with Crippen molar-refractivity contribution >= 4 is 23.3 Å². The van der Waals surface area contributed by atoms with Crippen molar-refractivity contribution in [2.45, 2.75) is 38.7 Å². The SMILES string of the molecule is COc1ccc(CN(C)C[C@@H]2Oc3ccc(NC(=O)Nc4ccc(C(F)(F)F)cc4)cc3C(=O)N([C@H](C)CO)C[C@H]2C)cc1. The number of alkyl halides is 3. The Kier molecular flexibility index (Phi) is 10.4. The summed E-state index contributed by atoms with van der Waals surface area (Å²) >= 11 is 0. The number of aliphatic hydroxyl groups excluding tert-OH is 1. The lowest BCUT2D eigenvalue weighted by atomic mass is 9.99. The summed E-state index contributed by atoms with van der Waals surface area (Å²) < 4.78 is 50.2. The topological polar surface area (TPSA) is 103 Å². The molecule has 1 aliphatic rings. The second-order valence-corrected chi connectivity index (χ2v) is 11.0. The van der Waals surface area contributed by atoms with Crippen molar-refractivity contribution < 1.29 is 37.3 Å². The number of likely N-dealkylation sites (N-methyl/N-ethyl adjacent to an activating group) is 1. The second-order valence-electron chi connectivity index (χ2n) is 11.0. The number of aliphatic hydroxyl groups is 1. The molecule has 3 N–H and O–H groups in total. The van der Waals surface area contributed by atoms with Crippen LogP contribution in [0.15, 0.2) is 66.7 Å². The Balaban J connectivity index is 1.52. The van der Waals surface area contributed by atoms with Crippen LogP contribution < -0.4 is 20.1 Å². The number of anilines is 2. The Bertz CT molecular complexity index is 1430. The highest BCUT2D eigenvalue weighted by atomic mass is 19.4. The van der Waals surface area contributed by atoms with Crippen LogP contribution in [0.4, 0.5) is 29.3 Å². The summed E-state index contributed by atoms with van der Waals surface area (Å²) in [5, 5.41) is 15.0. The number of halogens is 3. The number of urea groups is 1. The number of carbonyl (C=O) groups excluding carboxylic acids is 2.